The van der Waals surface area contributed by atoms with E-state index in [2.05, 4.69) is 21.7 Å². The van der Waals surface area contributed by atoms with Crippen LogP contribution in [0.4, 0.5) is 4.79 Å². The number of para-hydroxylation sites is 1. The fourth-order valence-corrected chi connectivity index (χ4v) is 1.85. The zero-order valence-electron chi connectivity index (χ0n) is 10.3. The van der Waals surface area contributed by atoms with Gasteiger partial charge in [0, 0.05) is 30.8 Å². The number of carbonyl (C=O) groups is 1. The molecule has 2 amide bonds. The van der Waals surface area contributed by atoms with Gasteiger partial charge in [0.2, 0.25) is 0 Å². The number of amides is 2. The first kappa shape index (κ1) is 12.4. The van der Waals surface area contributed by atoms with Crippen molar-refractivity contribution < 1.29 is 9.53 Å². The summed E-state index contributed by atoms with van der Waals surface area (Å²) in [5.41, 5.74) is 2.33. The van der Waals surface area contributed by atoms with Gasteiger partial charge in [-0.15, -0.1) is 0 Å². The summed E-state index contributed by atoms with van der Waals surface area (Å²) in [4.78, 5) is 14.5. The van der Waals surface area contributed by atoms with Crippen molar-refractivity contribution in [2.45, 2.75) is 6.42 Å². The van der Waals surface area contributed by atoms with Crippen LogP contribution in [0.5, 0.6) is 0 Å². The maximum atomic E-state index is 11.3. The molecular formula is C13H17N3O2. The number of hydrogen-bond donors (Lipinski definition) is 3. The van der Waals surface area contributed by atoms with Crippen molar-refractivity contribution in [3.05, 3.63) is 36.0 Å². The highest BCUT2D eigenvalue weighted by molar-refractivity contribution is 5.83. The number of H-pyrrole nitrogens is 1. The van der Waals surface area contributed by atoms with E-state index < -0.39 is 0 Å². The number of rotatable bonds is 5. The SMILES string of the molecule is COCNC(=O)NCCc1c[nH]c2ccccc12. The van der Waals surface area contributed by atoms with Gasteiger partial charge in [0.1, 0.15) is 6.73 Å². The summed E-state index contributed by atoms with van der Waals surface area (Å²) in [6, 6.07) is 7.91. The Balaban J connectivity index is 1.85. The number of nitrogens with one attached hydrogen (secondary N) is 3. The average Bonchev–Trinajstić information content (AvgIpc) is 2.80. The fraction of sp³-hybridized carbons (Fsp3) is 0.308. The average molecular weight is 247 g/mol. The highest BCUT2D eigenvalue weighted by atomic mass is 16.5. The van der Waals surface area contributed by atoms with Crippen LogP contribution in [-0.4, -0.2) is 31.4 Å². The van der Waals surface area contributed by atoms with Gasteiger partial charge in [0.15, 0.2) is 0 Å². The highest BCUT2D eigenvalue weighted by Gasteiger charge is 2.03. The first-order chi connectivity index (χ1) is 8.81. The molecule has 0 spiro atoms. The van der Waals surface area contributed by atoms with Crippen molar-refractivity contribution in [1.82, 2.24) is 15.6 Å². The van der Waals surface area contributed by atoms with Gasteiger partial charge in [-0.2, -0.15) is 0 Å². The van der Waals surface area contributed by atoms with Crippen LogP contribution in [0.1, 0.15) is 5.56 Å². The zero-order chi connectivity index (χ0) is 12.8. The molecule has 0 aliphatic heterocycles. The lowest BCUT2D eigenvalue weighted by Crippen LogP contribution is -2.37. The molecule has 0 bridgehead atoms. The molecule has 1 aromatic heterocycles. The third kappa shape index (κ3) is 3.01. The molecule has 96 valence electrons. The van der Waals surface area contributed by atoms with Gasteiger partial charge in [-0.3, -0.25) is 0 Å². The molecule has 0 radical (unpaired) electrons. The Morgan fingerprint density at radius 2 is 2.17 bits per heavy atom. The van der Waals surface area contributed by atoms with Crippen molar-refractivity contribution >= 4 is 16.9 Å². The first-order valence-corrected chi connectivity index (χ1v) is 5.87. The van der Waals surface area contributed by atoms with Gasteiger partial charge < -0.3 is 20.4 Å². The summed E-state index contributed by atoms with van der Waals surface area (Å²) in [7, 11) is 1.53. The largest absolute Gasteiger partial charge is 0.364 e. The molecule has 5 nitrogen and oxygen atoms in total. The Morgan fingerprint density at radius 1 is 1.33 bits per heavy atom. The minimum atomic E-state index is -0.211. The third-order valence-corrected chi connectivity index (χ3v) is 2.73. The Morgan fingerprint density at radius 3 is 3.00 bits per heavy atom. The number of hydrogen-bond acceptors (Lipinski definition) is 2. The number of aromatic nitrogens is 1. The van der Waals surface area contributed by atoms with Crippen molar-refractivity contribution in [2.24, 2.45) is 0 Å². The molecule has 0 saturated heterocycles. The molecule has 18 heavy (non-hydrogen) atoms. The molecule has 2 aromatic rings. The van der Waals surface area contributed by atoms with Crippen LogP contribution < -0.4 is 10.6 Å². The van der Waals surface area contributed by atoms with E-state index in [9.17, 15) is 4.79 Å². The summed E-state index contributed by atoms with van der Waals surface area (Å²) in [5.74, 6) is 0. The number of methoxy groups -OCH3 is 1. The van der Waals surface area contributed by atoms with Gasteiger partial charge in [-0.1, -0.05) is 18.2 Å². The second-order valence-electron chi connectivity index (χ2n) is 3.98. The van der Waals surface area contributed by atoms with Crippen LogP contribution in [0.2, 0.25) is 0 Å². The second kappa shape index (κ2) is 6.07. The number of ether oxygens (including phenoxy) is 1. The molecule has 1 aromatic carbocycles. The van der Waals surface area contributed by atoms with Crippen molar-refractivity contribution in [1.29, 1.82) is 0 Å². The molecule has 0 atom stereocenters. The maximum Gasteiger partial charge on any atom is 0.316 e. The molecule has 0 saturated carbocycles. The van der Waals surface area contributed by atoms with Gasteiger partial charge in [0.25, 0.3) is 0 Å². The molecule has 3 N–H and O–H groups in total. The number of fused-ring (bicyclic) bond motifs is 1. The minimum Gasteiger partial charge on any atom is -0.364 e. The standard InChI is InChI=1S/C13H17N3O2/c1-18-9-16-13(17)14-7-6-10-8-15-12-5-3-2-4-11(10)12/h2-5,8,15H,6-7,9H2,1H3,(H2,14,16,17). The van der Waals surface area contributed by atoms with Gasteiger partial charge in [0.05, 0.1) is 0 Å². The van der Waals surface area contributed by atoms with Gasteiger partial charge >= 0.3 is 6.03 Å². The van der Waals surface area contributed by atoms with Crippen LogP contribution >= 0.6 is 0 Å². The topological polar surface area (TPSA) is 66.2 Å². The van der Waals surface area contributed by atoms with Crippen LogP contribution in [0.3, 0.4) is 0 Å². The molecule has 0 fully saturated rings. The summed E-state index contributed by atoms with van der Waals surface area (Å²) < 4.78 is 4.75. The molecule has 0 aliphatic carbocycles. The van der Waals surface area contributed by atoms with Crippen molar-refractivity contribution in [3.63, 3.8) is 0 Å². The van der Waals surface area contributed by atoms with E-state index in [1.54, 1.807) is 0 Å². The minimum absolute atomic E-state index is 0.211. The number of carbonyl (C=O) groups excluding carboxylic acids is 1. The van der Waals surface area contributed by atoms with E-state index in [-0.39, 0.29) is 12.8 Å². The summed E-state index contributed by atoms with van der Waals surface area (Å²) in [6.07, 6.45) is 2.78. The second-order valence-corrected chi connectivity index (χ2v) is 3.98. The van der Waals surface area contributed by atoms with E-state index >= 15 is 0 Å². The van der Waals surface area contributed by atoms with Crippen LogP contribution in [0, 0.1) is 0 Å². The monoisotopic (exact) mass is 247 g/mol. The number of aromatic amines is 1. The smallest absolute Gasteiger partial charge is 0.316 e. The van der Waals surface area contributed by atoms with Crippen LogP contribution in [0.15, 0.2) is 30.5 Å². The van der Waals surface area contributed by atoms with Crippen molar-refractivity contribution in [2.75, 3.05) is 20.4 Å². The lowest BCUT2D eigenvalue weighted by Gasteiger charge is -2.06. The van der Waals surface area contributed by atoms with E-state index in [1.807, 2.05) is 24.4 Å². The van der Waals surface area contributed by atoms with E-state index in [0.717, 1.165) is 11.9 Å². The summed E-state index contributed by atoms with van der Waals surface area (Å²) in [6.45, 7) is 0.816. The molecule has 0 aliphatic rings. The zero-order valence-corrected chi connectivity index (χ0v) is 10.3. The van der Waals surface area contributed by atoms with Gasteiger partial charge in [-0.25, -0.2) is 4.79 Å². The normalized spacial score (nSPS) is 10.5. The molecular weight excluding hydrogens is 230 g/mol. The molecule has 1 heterocycles. The molecule has 0 unspecified atom stereocenters. The highest BCUT2D eigenvalue weighted by Crippen LogP contribution is 2.17. The predicted octanol–water partition coefficient (Wildman–Crippen LogP) is 1.61. The van der Waals surface area contributed by atoms with E-state index in [1.165, 1.54) is 18.1 Å². The van der Waals surface area contributed by atoms with Gasteiger partial charge in [-0.05, 0) is 18.1 Å². The maximum absolute atomic E-state index is 11.3. The number of urea groups is 1. The Hall–Kier alpha value is -2.01. The van der Waals surface area contributed by atoms with Crippen LogP contribution in [0.25, 0.3) is 10.9 Å². The third-order valence-electron chi connectivity index (χ3n) is 2.73. The summed E-state index contributed by atoms with van der Waals surface area (Å²) >= 11 is 0. The van der Waals surface area contributed by atoms with E-state index in [4.69, 9.17) is 4.74 Å². The quantitative estimate of drug-likeness (QED) is 0.703. The molecule has 2 rings (SSSR count). The molecule has 5 heteroatoms. The fourth-order valence-electron chi connectivity index (χ4n) is 1.85. The first-order valence-electron chi connectivity index (χ1n) is 5.87. The van der Waals surface area contributed by atoms with E-state index in [0.29, 0.717) is 6.54 Å². The summed E-state index contributed by atoms with van der Waals surface area (Å²) in [5, 5.41) is 6.55. The Kier molecular flexibility index (Phi) is 4.20. The lowest BCUT2D eigenvalue weighted by molar-refractivity contribution is 0.172. The predicted molar refractivity (Wildman–Crippen MR) is 70.4 cm³/mol. The Bertz CT molecular complexity index is 522. The van der Waals surface area contributed by atoms with Crippen molar-refractivity contribution in [3.8, 4) is 0 Å². The number of benzene rings is 1. The Labute approximate surface area is 106 Å². The van der Waals surface area contributed by atoms with Crippen LogP contribution in [-0.2, 0) is 11.2 Å². The lowest BCUT2D eigenvalue weighted by atomic mass is 10.1.